The summed E-state index contributed by atoms with van der Waals surface area (Å²) in [6, 6.07) is 0. The molecule has 2 rings (SSSR count). The highest BCUT2D eigenvalue weighted by Gasteiger charge is 2.42. The summed E-state index contributed by atoms with van der Waals surface area (Å²) < 4.78 is 11.1. The van der Waals surface area contributed by atoms with Crippen LogP contribution in [0, 0.1) is 0 Å². The monoisotopic (exact) mass is 202 g/mol. The second-order valence-electron chi connectivity index (χ2n) is 4.37. The van der Waals surface area contributed by atoms with Crippen molar-refractivity contribution in [1.82, 2.24) is 0 Å². The zero-order valence-electron chi connectivity index (χ0n) is 8.59. The minimum atomic E-state index is -0.392. The standard InChI is InChI=1S/C10H18O4/c1-5-7(11)3-9(13-5)10-4-8(12)6(2)14-10/h5-12H,3-4H2,1-2H3/t5-,6-,7-,8-,9-,10+/m0/s1. The van der Waals surface area contributed by atoms with Crippen molar-refractivity contribution >= 4 is 0 Å². The van der Waals surface area contributed by atoms with Gasteiger partial charge in [-0.05, 0) is 13.8 Å². The van der Waals surface area contributed by atoms with E-state index in [0.717, 1.165) is 0 Å². The lowest BCUT2D eigenvalue weighted by atomic mass is 10.0. The molecule has 0 amide bonds. The van der Waals surface area contributed by atoms with Gasteiger partial charge in [-0.25, -0.2) is 0 Å². The normalized spacial score (nSPS) is 54.0. The number of aliphatic hydroxyl groups is 2. The van der Waals surface area contributed by atoms with E-state index in [0.29, 0.717) is 12.8 Å². The summed E-state index contributed by atoms with van der Waals surface area (Å²) in [4.78, 5) is 0. The molecular weight excluding hydrogens is 184 g/mol. The highest BCUT2D eigenvalue weighted by Crippen LogP contribution is 2.31. The first kappa shape index (κ1) is 10.4. The van der Waals surface area contributed by atoms with Gasteiger partial charge in [-0.3, -0.25) is 0 Å². The SMILES string of the molecule is C[C@@H]1O[C@H]([C@H]2C[C@H](O)[C@H](C)O2)C[C@@H]1O. The zero-order valence-corrected chi connectivity index (χ0v) is 8.59. The van der Waals surface area contributed by atoms with E-state index in [1.807, 2.05) is 13.8 Å². The Hall–Kier alpha value is -0.160. The van der Waals surface area contributed by atoms with Crippen LogP contribution in [0.15, 0.2) is 0 Å². The van der Waals surface area contributed by atoms with Gasteiger partial charge in [0.05, 0.1) is 36.6 Å². The lowest BCUT2D eigenvalue weighted by Gasteiger charge is -2.17. The lowest BCUT2D eigenvalue weighted by Crippen LogP contribution is -2.26. The van der Waals surface area contributed by atoms with E-state index in [1.165, 1.54) is 0 Å². The third-order valence-electron chi connectivity index (χ3n) is 3.22. The van der Waals surface area contributed by atoms with Crippen LogP contribution >= 0.6 is 0 Å². The highest BCUT2D eigenvalue weighted by molar-refractivity contribution is 4.90. The Balaban J connectivity index is 1.92. The van der Waals surface area contributed by atoms with Crippen molar-refractivity contribution in [1.29, 1.82) is 0 Å². The number of rotatable bonds is 1. The largest absolute Gasteiger partial charge is 0.390 e. The number of hydrogen-bond donors (Lipinski definition) is 2. The molecule has 0 bridgehead atoms. The van der Waals surface area contributed by atoms with Gasteiger partial charge < -0.3 is 19.7 Å². The van der Waals surface area contributed by atoms with Crippen molar-refractivity contribution in [2.75, 3.05) is 0 Å². The number of hydrogen-bond acceptors (Lipinski definition) is 4. The third-order valence-corrected chi connectivity index (χ3v) is 3.22. The molecule has 0 aliphatic carbocycles. The predicted octanol–water partition coefficient (Wildman–Crippen LogP) is 0.0630. The lowest BCUT2D eigenvalue weighted by molar-refractivity contribution is -0.0652. The summed E-state index contributed by atoms with van der Waals surface area (Å²) >= 11 is 0. The molecule has 0 radical (unpaired) electrons. The Labute approximate surface area is 83.8 Å². The quantitative estimate of drug-likeness (QED) is 0.631. The van der Waals surface area contributed by atoms with Crippen LogP contribution in [0.2, 0.25) is 0 Å². The van der Waals surface area contributed by atoms with Crippen LogP contribution in [0.1, 0.15) is 26.7 Å². The van der Waals surface area contributed by atoms with E-state index in [9.17, 15) is 10.2 Å². The predicted molar refractivity (Wildman–Crippen MR) is 49.9 cm³/mol. The van der Waals surface area contributed by atoms with Gasteiger partial charge >= 0.3 is 0 Å². The molecule has 2 N–H and O–H groups in total. The molecule has 0 aromatic rings. The van der Waals surface area contributed by atoms with Crippen molar-refractivity contribution in [3.05, 3.63) is 0 Å². The van der Waals surface area contributed by atoms with Crippen LogP contribution in [0.5, 0.6) is 0 Å². The molecule has 0 aromatic carbocycles. The number of aliphatic hydroxyl groups excluding tert-OH is 2. The van der Waals surface area contributed by atoms with E-state index < -0.39 is 12.2 Å². The molecular formula is C10H18O4. The van der Waals surface area contributed by atoms with Crippen molar-refractivity contribution in [3.8, 4) is 0 Å². The molecule has 2 saturated heterocycles. The maximum absolute atomic E-state index is 9.52. The van der Waals surface area contributed by atoms with Gasteiger partial charge in [0, 0.05) is 12.8 Å². The fourth-order valence-corrected chi connectivity index (χ4v) is 2.18. The first-order chi connectivity index (χ1) is 6.58. The number of ether oxygens (including phenoxy) is 2. The Morgan fingerprint density at radius 1 is 0.857 bits per heavy atom. The van der Waals surface area contributed by atoms with Gasteiger partial charge in [0.15, 0.2) is 0 Å². The molecule has 0 spiro atoms. The van der Waals surface area contributed by atoms with E-state index in [-0.39, 0.29) is 24.4 Å². The van der Waals surface area contributed by atoms with Gasteiger partial charge in [-0.2, -0.15) is 0 Å². The van der Waals surface area contributed by atoms with Crippen molar-refractivity contribution in [2.45, 2.75) is 63.3 Å². The van der Waals surface area contributed by atoms with Crippen LogP contribution in [-0.2, 0) is 9.47 Å². The Kier molecular flexibility index (Phi) is 2.79. The van der Waals surface area contributed by atoms with Crippen molar-refractivity contribution in [3.63, 3.8) is 0 Å². The summed E-state index contributed by atoms with van der Waals surface area (Å²) in [5.41, 5.74) is 0. The molecule has 4 heteroatoms. The van der Waals surface area contributed by atoms with E-state index in [1.54, 1.807) is 0 Å². The van der Waals surface area contributed by atoms with Gasteiger partial charge in [0.1, 0.15) is 0 Å². The van der Waals surface area contributed by atoms with Gasteiger partial charge in [0.25, 0.3) is 0 Å². The Morgan fingerprint density at radius 3 is 1.43 bits per heavy atom. The summed E-state index contributed by atoms with van der Waals surface area (Å²) in [7, 11) is 0. The smallest absolute Gasteiger partial charge is 0.0868 e. The van der Waals surface area contributed by atoms with E-state index >= 15 is 0 Å². The molecule has 2 aliphatic rings. The minimum Gasteiger partial charge on any atom is -0.390 e. The molecule has 6 atom stereocenters. The zero-order chi connectivity index (χ0) is 10.3. The van der Waals surface area contributed by atoms with Crippen LogP contribution < -0.4 is 0 Å². The fraction of sp³-hybridized carbons (Fsp3) is 1.00. The average molecular weight is 202 g/mol. The molecule has 14 heavy (non-hydrogen) atoms. The Bertz CT molecular complexity index is 166. The van der Waals surface area contributed by atoms with Crippen molar-refractivity contribution < 1.29 is 19.7 Å². The summed E-state index contributed by atoms with van der Waals surface area (Å²) in [5, 5.41) is 19.0. The Morgan fingerprint density at radius 2 is 1.21 bits per heavy atom. The third kappa shape index (κ3) is 1.80. The molecule has 0 saturated carbocycles. The minimum absolute atomic E-state index is 0.0559. The maximum Gasteiger partial charge on any atom is 0.0868 e. The molecule has 4 nitrogen and oxygen atoms in total. The molecule has 2 heterocycles. The van der Waals surface area contributed by atoms with Crippen LogP contribution in [0.3, 0.4) is 0 Å². The van der Waals surface area contributed by atoms with Crippen molar-refractivity contribution in [2.24, 2.45) is 0 Å². The van der Waals surface area contributed by atoms with Gasteiger partial charge in [0.2, 0.25) is 0 Å². The first-order valence-electron chi connectivity index (χ1n) is 5.25. The van der Waals surface area contributed by atoms with Crippen LogP contribution in [-0.4, -0.2) is 46.8 Å². The van der Waals surface area contributed by atoms with E-state index in [2.05, 4.69) is 0 Å². The van der Waals surface area contributed by atoms with Crippen LogP contribution in [0.25, 0.3) is 0 Å². The van der Waals surface area contributed by atoms with Crippen LogP contribution in [0.4, 0.5) is 0 Å². The summed E-state index contributed by atoms with van der Waals surface area (Å²) in [6.07, 6.45) is 0.108. The molecule has 0 aromatic heterocycles. The topological polar surface area (TPSA) is 58.9 Å². The molecule has 2 aliphatic heterocycles. The van der Waals surface area contributed by atoms with E-state index in [4.69, 9.17) is 9.47 Å². The maximum atomic E-state index is 9.52. The molecule has 82 valence electrons. The first-order valence-corrected chi connectivity index (χ1v) is 5.25. The summed E-state index contributed by atoms with van der Waals surface area (Å²) in [5.74, 6) is 0. The second-order valence-corrected chi connectivity index (χ2v) is 4.37. The highest BCUT2D eigenvalue weighted by atomic mass is 16.6. The molecule has 0 unspecified atom stereocenters. The molecule has 2 fully saturated rings. The average Bonchev–Trinajstić information content (AvgIpc) is 2.60. The second kappa shape index (κ2) is 3.77. The van der Waals surface area contributed by atoms with Gasteiger partial charge in [-0.1, -0.05) is 0 Å². The van der Waals surface area contributed by atoms with Gasteiger partial charge in [-0.15, -0.1) is 0 Å². The fourth-order valence-electron chi connectivity index (χ4n) is 2.18. The summed E-state index contributed by atoms with van der Waals surface area (Å²) in [6.45, 7) is 3.72.